The van der Waals surface area contributed by atoms with E-state index in [4.69, 9.17) is 4.74 Å². The average Bonchev–Trinajstić information content (AvgIpc) is 2.61. The molecule has 9 nitrogen and oxygen atoms in total. The number of methoxy groups -OCH3 is 1. The number of ether oxygens (including phenoxy) is 2. The van der Waals surface area contributed by atoms with Crippen molar-refractivity contribution in [2.45, 2.75) is 45.9 Å². The predicted octanol–water partition coefficient (Wildman–Crippen LogP) is 3.16. The minimum Gasteiger partial charge on any atom is -0.453 e. The van der Waals surface area contributed by atoms with Gasteiger partial charge < -0.3 is 25.0 Å². The maximum absolute atomic E-state index is 12.0. The Kier molecular flexibility index (Phi) is 10.2. The number of rotatable bonds is 5. The summed E-state index contributed by atoms with van der Waals surface area (Å²) in [4.78, 5) is 29.5. The fourth-order valence-electron chi connectivity index (χ4n) is 2.59. The molecule has 0 radical (unpaired) electrons. The van der Waals surface area contributed by atoms with Crippen molar-refractivity contribution in [3.05, 3.63) is 29.8 Å². The number of anilines is 1. The molecule has 168 valence electrons. The molecule has 0 aliphatic carbocycles. The Bertz CT molecular complexity index is 728. The van der Waals surface area contributed by atoms with Gasteiger partial charge in [0.2, 0.25) is 0 Å². The van der Waals surface area contributed by atoms with E-state index in [0.717, 1.165) is 12.1 Å². The summed E-state index contributed by atoms with van der Waals surface area (Å²) in [5.74, 6) is 0.693. The molecular weight excluding hydrogens is 501 g/mol. The molecule has 2 amide bonds. The fraction of sp³-hybridized carbons (Fsp3) is 0.550. The van der Waals surface area contributed by atoms with Gasteiger partial charge in [-0.1, -0.05) is 12.1 Å². The molecule has 1 aliphatic heterocycles. The molecule has 1 heterocycles. The molecule has 30 heavy (non-hydrogen) atoms. The molecule has 1 saturated heterocycles. The van der Waals surface area contributed by atoms with E-state index in [0.29, 0.717) is 31.3 Å². The number of nitrogens with one attached hydrogen (secondary N) is 3. The van der Waals surface area contributed by atoms with Gasteiger partial charge in [-0.25, -0.2) is 14.6 Å². The number of nitrogens with zero attached hydrogens (tertiary/aromatic N) is 2. The number of guanidine groups is 1. The van der Waals surface area contributed by atoms with Crippen LogP contribution < -0.4 is 16.0 Å². The Balaban J connectivity index is 0.00000450. The first kappa shape index (κ1) is 25.8. The highest BCUT2D eigenvalue weighted by Crippen LogP contribution is 2.15. The second-order valence-corrected chi connectivity index (χ2v) is 7.74. The molecule has 3 N–H and O–H groups in total. The van der Waals surface area contributed by atoms with Crippen LogP contribution in [0.1, 0.15) is 33.3 Å². The normalized spacial score (nSPS) is 14.2. The number of likely N-dealkylation sites (tertiary alicyclic amines) is 1. The Labute approximate surface area is 195 Å². The highest BCUT2D eigenvalue weighted by atomic mass is 127. The van der Waals surface area contributed by atoms with Crippen molar-refractivity contribution in [2.24, 2.45) is 4.99 Å². The lowest BCUT2D eigenvalue weighted by Crippen LogP contribution is -2.63. The second-order valence-electron chi connectivity index (χ2n) is 7.74. The van der Waals surface area contributed by atoms with Gasteiger partial charge >= 0.3 is 12.2 Å². The lowest BCUT2D eigenvalue weighted by atomic mass is 10.1. The van der Waals surface area contributed by atoms with E-state index < -0.39 is 11.7 Å². The number of amides is 2. The smallest absolute Gasteiger partial charge is 0.411 e. The summed E-state index contributed by atoms with van der Waals surface area (Å²) in [5, 5.41) is 9.15. The first-order valence-corrected chi connectivity index (χ1v) is 9.67. The van der Waals surface area contributed by atoms with Crippen LogP contribution in [-0.4, -0.2) is 61.4 Å². The van der Waals surface area contributed by atoms with Crippen molar-refractivity contribution in [3.63, 3.8) is 0 Å². The number of carbonyl (C=O) groups excluding carboxylic acids is 2. The van der Waals surface area contributed by atoms with Crippen LogP contribution >= 0.6 is 24.0 Å². The standard InChI is InChI=1S/C20H31N5O4.HI/c1-6-21-17(23-16-12-25(13-16)19(27)29-20(2,3)4)22-11-14-7-9-15(10-8-14)24-18(26)28-5;/h7-10,16H,6,11-13H2,1-5H3,(H,24,26)(H2,21,22,23);1H. The monoisotopic (exact) mass is 533 g/mol. The lowest BCUT2D eigenvalue weighted by Gasteiger charge is -2.40. The molecule has 0 atom stereocenters. The van der Waals surface area contributed by atoms with Gasteiger partial charge in [0, 0.05) is 25.3 Å². The first-order chi connectivity index (χ1) is 13.7. The molecular formula is C20H32IN5O4. The number of aliphatic imine (C=N–C) groups is 1. The van der Waals surface area contributed by atoms with E-state index >= 15 is 0 Å². The number of carbonyl (C=O) groups is 2. The van der Waals surface area contributed by atoms with E-state index in [1.165, 1.54) is 7.11 Å². The van der Waals surface area contributed by atoms with Crippen LogP contribution in [0, 0.1) is 0 Å². The van der Waals surface area contributed by atoms with E-state index in [2.05, 4.69) is 25.7 Å². The minimum atomic E-state index is -0.504. The summed E-state index contributed by atoms with van der Waals surface area (Å²) < 4.78 is 9.94. The van der Waals surface area contributed by atoms with Crippen LogP contribution in [0.25, 0.3) is 0 Å². The van der Waals surface area contributed by atoms with E-state index in [9.17, 15) is 9.59 Å². The maximum atomic E-state index is 12.0. The SMILES string of the molecule is CCNC(=NCc1ccc(NC(=O)OC)cc1)NC1CN(C(=O)OC(C)(C)C)C1.I. The summed E-state index contributed by atoms with van der Waals surface area (Å²) in [6.45, 7) is 9.93. The molecule has 0 bridgehead atoms. The summed E-state index contributed by atoms with van der Waals surface area (Å²) in [5.41, 5.74) is 1.17. The summed E-state index contributed by atoms with van der Waals surface area (Å²) in [6, 6.07) is 7.52. The molecule has 0 saturated carbocycles. The summed E-state index contributed by atoms with van der Waals surface area (Å²) >= 11 is 0. The van der Waals surface area contributed by atoms with E-state index in [1.54, 1.807) is 17.0 Å². The van der Waals surface area contributed by atoms with Crippen LogP contribution in [0.2, 0.25) is 0 Å². The maximum Gasteiger partial charge on any atom is 0.411 e. The van der Waals surface area contributed by atoms with Gasteiger partial charge in [0.25, 0.3) is 0 Å². The van der Waals surface area contributed by atoms with Gasteiger partial charge in [0.15, 0.2) is 5.96 Å². The summed E-state index contributed by atoms with van der Waals surface area (Å²) in [6.07, 6.45) is -0.798. The number of hydrogen-bond acceptors (Lipinski definition) is 5. The zero-order chi connectivity index (χ0) is 21.4. The molecule has 0 spiro atoms. The van der Waals surface area contributed by atoms with Gasteiger partial charge in [0.05, 0.1) is 19.7 Å². The van der Waals surface area contributed by atoms with Crippen molar-refractivity contribution in [2.75, 3.05) is 32.1 Å². The number of hydrogen-bond donors (Lipinski definition) is 3. The third kappa shape index (κ3) is 8.64. The van der Waals surface area contributed by atoms with Gasteiger partial charge in [-0.05, 0) is 45.4 Å². The largest absolute Gasteiger partial charge is 0.453 e. The molecule has 2 rings (SSSR count). The number of halogens is 1. The predicted molar refractivity (Wildman–Crippen MR) is 127 cm³/mol. The fourth-order valence-corrected chi connectivity index (χ4v) is 2.59. The van der Waals surface area contributed by atoms with Crippen LogP contribution in [0.3, 0.4) is 0 Å². The van der Waals surface area contributed by atoms with E-state index in [-0.39, 0.29) is 36.1 Å². The van der Waals surface area contributed by atoms with Crippen molar-refractivity contribution in [3.8, 4) is 0 Å². The van der Waals surface area contributed by atoms with E-state index in [1.807, 2.05) is 39.8 Å². The van der Waals surface area contributed by atoms with Crippen LogP contribution in [0.5, 0.6) is 0 Å². The molecule has 0 aromatic heterocycles. The van der Waals surface area contributed by atoms with Crippen molar-refractivity contribution < 1.29 is 19.1 Å². The highest BCUT2D eigenvalue weighted by molar-refractivity contribution is 14.0. The Morgan fingerprint density at radius 3 is 2.37 bits per heavy atom. The third-order valence-electron chi connectivity index (χ3n) is 4.02. The van der Waals surface area contributed by atoms with Crippen LogP contribution in [0.15, 0.2) is 29.3 Å². The Hall–Kier alpha value is -2.24. The van der Waals surface area contributed by atoms with Crippen molar-refractivity contribution in [1.82, 2.24) is 15.5 Å². The Morgan fingerprint density at radius 1 is 1.20 bits per heavy atom. The van der Waals surface area contributed by atoms with Crippen LogP contribution in [-0.2, 0) is 16.0 Å². The Morgan fingerprint density at radius 2 is 1.83 bits per heavy atom. The topological polar surface area (TPSA) is 104 Å². The second kappa shape index (κ2) is 11.8. The first-order valence-electron chi connectivity index (χ1n) is 9.67. The van der Waals surface area contributed by atoms with Gasteiger partial charge in [-0.15, -0.1) is 24.0 Å². The molecule has 1 aliphatic rings. The molecule has 1 aromatic carbocycles. The number of benzene rings is 1. The quantitative estimate of drug-likeness (QED) is 0.305. The molecule has 1 fully saturated rings. The van der Waals surface area contributed by atoms with Crippen LogP contribution in [0.4, 0.5) is 15.3 Å². The van der Waals surface area contributed by atoms with Crippen molar-refractivity contribution in [1.29, 1.82) is 0 Å². The average molecular weight is 533 g/mol. The molecule has 10 heteroatoms. The zero-order valence-corrected chi connectivity index (χ0v) is 20.5. The zero-order valence-electron chi connectivity index (χ0n) is 18.2. The summed E-state index contributed by atoms with van der Waals surface area (Å²) in [7, 11) is 1.32. The molecule has 0 unspecified atom stereocenters. The lowest BCUT2D eigenvalue weighted by molar-refractivity contribution is 0.00700. The highest BCUT2D eigenvalue weighted by Gasteiger charge is 2.34. The van der Waals surface area contributed by atoms with Crippen molar-refractivity contribution >= 4 is 47.8 Å². The van der Waals surface area contributed by atoms with Gasteiger partial charge in [-0.2, -0.15) is 0 Å². The molecule has 1 aromatic rings. The minimum absolute atomic E-state index is 0. The van der Waals surface area contributed by atoms with Gasteiger partial charge in [0.1, 0.15) is 5.60 Å². The third-order valence-corrected chi connectivity index (χ3v) is 4.02. The van der Waals surface area contributed by atoms with Gasteiger partial charge in [-0.3, -0.25) is 5.32 Å².